The molecule has 8 heteroatoms. The van der Waals surface area contributed by atoms with Gasteiger partial charge in [-0.3, -0.25) is 0 Å². The Morgan fingerprint density at radius 3 is 2.44 bits per heavy atom. The van der Waals surface area contributed by atoms with Gasteiger partial charge < -0.3 is 52.1 Å². The molecule has 1 amide bonds. The van der Waals surface area contributed by atoms with Crippen LogP contribution in [-0.4, -0.2) is 62.9 Å². The second kappa shape index (κ2) is 11.1. The lowest BCUT2D eigenvalue weighted by Gasteiger charge is -2.42. The van der Waals surface area contributed by atoms with Crippen molar-refractivity contribution in [3.05, 3.63) is 23.9 Å². The molecule has 4 heterocycles. The topological polar surface area (TPSA) is 50.6 Å². The van der Waals surface area contributed by atoms with Gasteiger partial charge in [-0.05, 0) is 37.8 Å². The number of nitrogens with one attached hydrogen (secondary N) is 3. The zero-order chi connectivity index (χ0) is 16.5. The van der Waals surface area contributed by atoms with Crippen molar-refractivity contribution in [3.63, 3.8) is 0 Å². The highest BCUT2D eigenvalue weighted by atomic mass is 35.5. The minimum atomic E-state index is -0.183. The number of fused-ring (bicyclic) bond motifs is 4. The number of amides is 1. The van der Waals surface area contributed by atoms with E-state index in [0.717, 1.165) is 37.6 Å². The van der Waals surface area contributed by atoms with Crippen LogP contribution in [0, 0.1) is 11.8 Å². The van der Waals surface area contributed by atoms with Gasteiger partial charge in [0.1, 0.15) is 18.8 Å². The molecule has 0 radical (unpaired) electrons. The largest absolute Gasteiger partial charge is 1.00 e. The highest BCUT2D eigenvalue weighted by Gasteiger charge is 2.46. The highest BCUT2D eigenvalue weighted by molar-refractivity contribution is 5.81. The lowest BCUT2D eigenvalue weighted by molar-refractivity contribution is -0.941. The van der Waals surface area contributed by atoms with Gasteiger partial charge in [-0.15, -0.1) is 0 Å². The van der Waals surface area contributed by atoms with Crippen molar-refractivity contribution in [2.75, 3.05) is 45.8 Å². The predicted molar refractivity (Wildman–Crippen MR) is 90.6 cm³/mol. The number of aliphatic hydroxyl groups is 1. The molecule has 4 N–H and O–H groups in total. The van der Waals surface area contributed by atoms with Crippen molar-refractivity contribution in [1.82, 2.24) is 0 Å². The Bertz CT molecular complexity index is 552. The Kier molecular flexibility index (Phi) is 10.3. The fourth-order valence-corrected chi connectivity index (χ4v) is 5.43. The van der Waals surface area contributed by atoms with Crippen molar-refractivity contribution in [2.45, 2.75) is 31.8 Å². The molecule has 0 aromatic rings. The molecule has 5 atom stereocenters. The molecule has 0 saturated carbocycles. The van der Waals surface area contributed by atoms with E-state index in [4.69, 9.17) is 0 Å². The summed E-state index contributed by atoms with van der Waals surface area (Å²) in [7, 11) is 0. The number of likely N-dealkylation sites (tertiary alicyclic amines) is 2. The number of halogens is 3. The van der Waals surface area contributed by atoms with E-state index in [1.807, 2.05) is 6.08 Å². The summed E-state index contributed by atoms with van der Waals surface area (Å²) in [6, 6.07) is 0. The van der Waals surface area contributed by atoms with Gasteiger partial charge in [-0.1, -0.05) is 0 Å². The number of hydrogen-bond donors (Lipinski definition) is 4. The number of quaternary nitrogens is 3. The van der Waals surface area contributed by atoms with E-state index in [1.54, 1.807) is 15.9 Å². The molecule has 3 saturated heterocycles. The van der Waals surface area contributed by atoms with E-state index in [1.165, 1.54) is 44.5 Å². The number of hydrogen-bond acceptors (Lipinski definition) is 2. The number of piperidine rings is 3. The molecule has 0 aliphatic carbocycles. The molecule has 3 fully saturated rings. The molecule has 4 rings (SSSR count). The van der Waals surface area contributed by atoms with Crippen LogP contribution >= 0.6 is 0 Å². The lowest BCUT2D eigenvalue weighted by atomic mass is 9.81. The predicted octanol–water partition coefficient (Wildman–Crippen LogP) is -12.2. The molecule has 5 unspecified atom stereocenters. The van der Waals surface area contributed by atoms with Crippen LogP contribution in [0.25, 0.3) is 0 Å². The average molecular weight is 441 g/mol. The first-order chi connectivity index (χ1) is 11.7. The summed E-state index contributed by atoms with van der Waals surface area (Å²) in [4.78, 5) is 16.3. The van der Waals surface area contributed by atoms with Crippen molar-refractivity contribution in [2.24, 2.45) is 11.8 Å². The van der Waals surface area contributed by atoms with Gasteiger partial charge in [0.25, 0.3) is 0 Å². The standard InChI is InChI=1S/C19H29N3O2.3ClH/c23-17(13-20-7-2-1-3-8-20)14-21-10-15-9-16(12-21)18-5-4-6-19(24)22(18)11-15;;;/h4-6,15-17,23H,1-3,7-14H2;3*1H. The second-order valence-corrected chi connectivity index (χ2v) is 8.36. The van der Waals surface area contributed by atoms with Gasteiger partial charge in [-0.2, -0.15) is 0 Å². The molecule has 4 aliphatic rings. The normalized spacial score (nSPS) is 33.5. The third-order valence-electron chi connectivity index (χ3n) is 6.44. The van der Waals surface area contributed by atoms with Crippen LogP contribution in [-0.2, 0) is 4.79 Å². The molecular formula is C19H32Cl3N3O2. The van der Waals surface area contributed by atoms with Crippen LogP contribution in [0.1, 0.15) is 25.7 Å². The first-order valence-electron chi connectivity index (χ1n) is 9.83. The first kappa shape index (κ1) is 24.9. The van der Waals surface area contributed by atoms with E-state index in [2.05, 4.69) is 6.08 Å². The SMILES string of the molecule is O=C1C=CC=C2C3CC(C[NH+](CC(O)C[NH+]4CCCCC4)C3)C[NH+]12.[Cl-].[Cl-].[Cl-]. The summed E-state index contributed by atoms with van der Waals surface area (Å²) in [6.45, 7) is 7.41. The molecule has 27 heavy (non-hydrogen) atoms. The van der Waals surface area contributed by atoms with Crippen LogP contribution in [0.5, 0.6) is 0 Å². The van der Waals surface area contributed by atoms with E-state index in [0.29, 0.717) is 11.8 Å². The van der Waals surface area contributed by atoms with Crippen molar-refractivity contribution in [3.8, 4) is 0 Å². The van der Waals surface area contributed by atoms with Gasteiger partial charge in [0.05, 0.1) is 44.6 Å². The Labute approximate surface area is 181 Å². The fourth-order valence-electron chi connectivity index (χ4n) is 5.43. The smallest absolute Gasteiger partial charge is 0.341 e. The molecule has 0 spiro atoms. The summed E-state index contributed by atoms with van der Waals surface area (Å²) in [5.74, 6) is 1.38. The third kappa shape index (κ3) is 5.92. The van der Waals surface area contributed by atoms with Crippen LogP contribution in [0.2, 0.25) is 0 Å². The van der Waals surface area contributed by atoms with Crippen LogP contribution in [0.4, 0.5) is 0 Å². The van der Waals surface area contributed by atoms with Crippen molar-refractivity contribution < 1.29 is 61.8 Å². The quantitative estimate of drug-likeness (QED) is 0.351. The van der Waals surface area contributed by atoms with Gasteiger partial charge in [0, 0.05) is 6.08 Å². The summed E-state index contributed by atoms with van der Waals surface area (Å²) in [6.07, 6.45) is 10.8. The maximum atomic E-state index is 12.1. The van der Waals surface area contributed by atoms with Gasteiger partial charge in [-0.25, -0.2) is 9.69 Å². The zero-order valence-corrected chi connectivity index (χ0v) is 18.0. The molecule has 5 nitrogen and oxygen atoms in total. The summed E-state index contributed by atoms with van der Waals surface area (Å²) in [5.41, 5.74) is 1.30. The maximum absolute atomic E-state index is 12.1. The number of aliphatic hydroxyl groups excluding tert-OH is 1. The van der Waals surface area contributed by atoms with Crippen LogP contribution in [0.3, 0.4) is 0 Å². The fraction of sp³-hybridized carbons (Fsp3) is 0.737. The number of rotatable bonds is 4. The van der Waals surface area contributed by atoms with E-state index in [9.17, 15) is 9.90 Å². The minimum Gasteiger partial charge on any atom is -1.00 e. The zero-order valence-electron chi connectivity index (χ0n) is 15.7. The van der Waals surface area contributed by atoms with E-state index < -0.39 is 0 Å². The Morgan fingerprint density at radius 1 is 1.00 bits per heavy atom. The monoisotopic (exact) mass is 439 g/mol. The van der Waals surface area contributed by atoms with E-state index in [-0.39, 0.29) is 49.2 Å². The van der Waals surface area contributed by atoms with E-state index >= 15 is 0 Å². The Morgan fingerprint density at radius 2 is 1.70 bits per heavy atom. The molecule has 156 valence electrons. The third-order valence-corrected chi connectivity index (χ3v) is 6.44. The molecule has 0 aromatic carbocycles. The minimum absolute atomic E-state index is 0. The lowest BCUT2D eigenvalue weighted by Crippen LogP contribution is -3.22. The van der Waals surface area contributed by atoms with Gasteiger partial charge in [0.2, 0.25) is 0 Å². The number of carbonyl (C=O) groups excluding carboxylic acids is 1. The highest BCUT2D eigenvalue weighted by Crippen LogP contribution is 2.23. The first-order valence-corrected chi connectivity index (χ1v) is 9.83. The summed E-state index contributed by atoms with van der Waals surface area (Å²) in [5, 5.41) is 10.6. The number of allylic oxidation sites excluding steroid dienone is 2. The average Bonchev–Trinajstić information content (AvgIpc) is 2.56. The Hall–Kier alpha value is -0.140. The van der Waals surface area contributed by atoms with Gasteiger partial charge >= 0.3 is 5.91 Å². The Balaban J connectivity index is 0.00000121. The molecular weight excluding hydrogens is 409 g/mol. The summed E-state index contributed by atoms with van der Waals surface area (Å²) < 4.78 is 0. The molecule has 2 bridgehead atoms. The van der Waals surface area contributed by atoms with Crippen LogP contribution in [0.15, 0.2) is 23.9 Å². The maximum Gasteiger partial charge on any atom is 0.341 e. The van der Waals surface area contributed by atoms with Gasteiger partial charge in [0.15, 0.2) is 6.10 Å². The number of carbonyl (C=O) groups is 1. The van der Waals surface area contributed by atoms with Crippen molar-refractivity contribution >= 4 is 5.91 Å². The van der Waals surface area contributed by atoms with Crippen LogP contribution < -0.4 is 51.9 Å². The van der Waals surface area contributed by atoms with Crippen molar-refractivity contribution in [1.29, 1.82) is 0 Å². The molecule has 4 aliphatic heterocycles. The summed E-state index contributed by atoms with van der Waals surface area (Å²) >= 11 is 0. The molecule has 0 aromatic heterocycles. The second-order valence-electron chi connectivity index (χ2n) is 8.36.